The maximum Gasteiger partial charge on any atom is 0.142 e. The van der Waals surface area contributed by atoms with Crippen molar-refractivity contribution in [2.24, 2.45) is 5.41 Å². The smallest absolute Gasteiger partial charge is 0.142 e. The fourth-order valence-corrected chi connectivity index (χ4v) is 3.49. The summed E-state index contributed by atoms with van der Waals surface area (Å²) in [5.74, 6) is 1.49. The Morgan fingerprint density at radius 1 is 1.44 bits per heavy atom. The van der Waals surface area contributed by atoms with Crippen LogP contribution in [0.2, 0.25) is 0 Å². The summed E-state index contributed by atoms with van der Waals surface area (Å²) in [5.41, 5.74) is 7.78. The van der Waals surface area contributed by atoms with Crippen molar-refractivity contribution < 1.29 is 0 Å². The van der Waals surface area contributed by atoms with E-state index < -0.39 is 0 Å². The van der Waals surface area contributed by atoms with Crippen molar-refractivity contribution in [3.05, 3.63) is 5.56 Å². The summed E-state index contributed by atoms with van der Waals surface area (Å²) in [6.45, 7) is 6.99. The van der Waals surface area contributed by atoms with E-state index in [2.05, 4.69) is 23.1 Å². The summed E-state index contributed by atoms with van der Waals surface area (Å²) in [5, 5.41) is 1.35. The molecule has 3 rings (SSSR count). The normalized spacial score (nSPS) is 24.0. The molecule has 1 aromatic heterocycles. The van der Waals surface area contributed by atoms with Gasteiger partial charge in [-0.3, -0.25) is 0 Å². The van der Waals surface area contributed by atoms with Crippen LogP contribution in [0.25, 0.3) is 0 Å². The van der Waals surface area contributed by atoms with Crippen molar-refractivity contribution in [1.82, 2.24) is 4.37 Å². The molecular formula is C12H19N3S. The first-order valence-electron chi connectivity index (χ1n) is 6.07. The average Bonchev–Trinajstić information content (AvgIpc) is 2.88. The lowest BCUT2D eigenvalue weighted by Crippen LogP contribution is -2.22. The summed E-state index contributed by atoms with van der Waals surface area (Å²) in [7, 11) is 0. The molecule has 3 nitrogen and oxygen atoms in total. The topological polar surface area (TPSA) is 42.2 Å². The summed E-state index contributed by atoms with van der Waals surface area (Å²) < 4.78 is 4.35. The number of nitrogens with zero attached hydrogens (tertiary/aromatic N) is 2. The van der Waals surface area contributed by atoms with Crippen molar-refractivity contribution in [3.63, 3.8) is 0 Å². The number of anilines is 2. The van der Waals surface area contributed by atoms with Gasteiger partial charge in [-0.1, -0.05) is 13.8 Å². The molecule has 88 valence electrons. The van der Waals surface area contributed by atoms with E-state index in [1.165, 1.54) is 29.8 Å². The van der Waals surface area contributed by atoms with Crippen molar-refractivity contribution in [3.8, 4) is 0 Å². The zero-order chi connectivity index (χ0) is 11.3. The van der Waals surface area contributed by atoms with Crippen LogP contribution in [0.15, 0.2) is 0 Å². The number of nitrogen functional groups attached to an aromatic ring is 1. The van der Waals surface area contributed by atoms with Crippen LogP contribution in [-0.4, -0.2) is 17.5 Å². The Balaban J connectivity index is 1.89. The third-order valence-electron chi connectivity index (χ3n) is 3.69. The van der Waals surface area contributed by atoms with Gasteiger partial charge < -0.3 is 10.6 Å². The maximum atomic E-state index is 5.99. The summed E-state index contributed by atoms with van der Waals surface area (Å²) in [4.78, 5) is 2.49. The second-order valence-corrected chi connectivity index (χ2v) is 6.65. The number of hydrogen-bond donors (Lipinski definition) is 1. The molecule has 1 saturated carbocycles. The Hall–Kier alpha value is -0.770. The zero-order valence-corrected chi connectivity index (χ0v) is 10.8. The molecule has 0 spiro atoms. The highest BCUT2D eigenvalue weighted by Gasteiger charge is 2.36. The lowest BCUT2D eigenvalue weighted by molar-refractivity contribution is 0.419. The number of hydrogen-bond acceptors (Lipinski definition) is 4. The molecule has 2 aliphatic rings. The molecular weight excluding hydrogens is 218 g/mol. The van der Waals surface area contributed by atoms with Crippen molar-refractivity contribution in [2.45, 2.75) is 39.0 Å². The Bertz CT molecular complexity index is 406. The second-order valence-electron chi connectivity index (χ2n) is 5.90. The molecule has 1 aromatic rings. The Labute approximate surface area is 101 Å². The van der Waals surface area contributed by atoms with Gasteiger partial charge >= 0.3 is 0 Å². The van der Waals surface area contributed by atoms with Crippen LogP contribution in [0.5, 0.6) is 0 Å². The fraction of sp³-hybridized carbons (Fsp3) is 0.750. The molecule has 0 radical (unpaired) electrons. The third kappa shape index (κ3) is 1.69. The molecule has 1 aliphatic carbocycles. The van der Waals surface area contributed by atoms with Crippen LogP contribution >= 0.6 is 11.5 Å². The predicted octanol–water partition coefficient (Wildman–Crippen LogP) is 2.84. The van der Waals surface area contributed by atoms with Crippen LogP contribution in [0, 0.1) is 5.41 Å². The molecule has 2 heterocycles. The molecule has 1 aliphatic heterocycles. The molecule has 4 heteroatoms. The fourth-order valence-electron chi connectivity index (χ4n) is 2.57. The van der Waals surface area contributed by atoms with Crippen molar-refractivity contribution >= 4 is 22.4 Å². The van der Waals surface area contributed by atoms with Gasteiger partial charge in [-0.15, -0.1) is 0 Å². The first-order chi connectivity index (χ1) is 7.57. The van der Waals surface area contributed by atoms with Crippen LogP contribution in [0.1, 0.15) is 44.6 Å². The number of aromatic nitrogens is 1. The van der Waals surface area contributed by atoms with Gasteiger partial charge in [0.2, 0.25) is 0 Å². The third-order valence-corrected chi connectivity index (χ3v) is 4.63. The van der Waals surface area contributed by atoms with E-state index in [1.807, 2.05) is 0 Å². The molecule has 2 fully saturated rings. The molecule has 16 heavy (non-hydrogen) atoms. The van der Waals surface area contributed by atoms with E-state index >= 15 is 0 Å². The molecule has 0 atom stereocenters. The van der Waals surface area contributed by atoms with Gasteiger partial charge in [0.25, 0.3) is 0 Å². The quantitative estimate of drug-likeness (QED) is 0.860. The van der Waals surface area contributed by atoms with E-state index in [9.17, 15) is 0 Å². The minimum Gasteiger partial charge on any atom is -0.383 e. The summed E-state index contributed by atoms with van der Waals surface area (Å²) in [6, 6.07) is 0. The van der Waals surface area contributed by atoms with Crippen molar-refractivity contribution in [1.29, 1.82) is 0 Å². The van der Waals surface area contributed by atoms with Gasteiger partial charge in [0.1, 0.15) is 10.8 Å². The van der Waals surface area contributed by atoms with Gasteiger partial charge in [0, 0.05) is 18.7 Å². The van der Waals surface area contributed by atoms with E-state index in [-0.39, 0.29) is 0 Å². The van der Waals surface area contributed by atoms with Crippen LogP contribution in [-0.2, 0) is 0 Å². The zero-order valence-electron chi connectivity index (χ0n) is 9.99. The first kappa shape index (κ1) is 10.4. The lowest BCUT2D eigenvalue weighted by Gasteiger charge is -2.21. The van der Waals surface area contributed by atoms with Gasteiger partial charge in [-0.2, -0.15) is 4.37 Å². The summed E-state index contributed by atoms with van der Waals surface area (Å²) in [6.07, 6.45) is 3.87. The summed E-state index contributed by atoms with van der Waals surface area (Å²) >= 11 is 1.59. The first-order valence-corrected chi connectivity index (χ1v) is 6.84. The largest absolute Gasteiger partial charge is 0.383 e. The lowest BCUT2D eigenvalue weighted by atomic mass is 9.93. The van der Waals surface area contributed by atoms with Crippen LogP contribution < -0.4 is 10.6 Å². The average molecular weight is 237 g/mol. The molecule has 2 N–H and O–H groups in total. The SMILES string of the molecule is CC1(C)CCN(c2snc(N)c2C2CC2)C1. The molecule has 0 unspecified atom stereocenters. The maximum absolute atomic E-state index is 5.99. The molecule has 0 amide bonds. The Morgan fingerprint density at radius 2 is 2.19 bits per heavy atom. The van der Waals surface area contributed by atoms with E-state index in [0.717, 1.165) is 18.9 Å². The van der Waals surface area contributed by atoms with Gasteiger partial charge in [-0.05, 0) is 42.1 Å². The van der Waals surface area contributed by atoms with Crippen molar-refractivity contribution in [2.75, 3.05) is 23.7 Å². The van der Waals surface area contributed by atoms with E-state index in [0.29, 0.717) is 11.3 Å². The molecule has 1 saturated heterocycles. The molecule has 0 aromatic carbocycles. The van der Waals surface area contributed by atoms with Crippen LogP contribution in [0.3, 0.4) is 0 Å². The monoisotopic (exact) mass is 237 g/mol. The van der Waals surface area contributed by atoms with E-state index in [4.69, 9.17) is 5.73 Å². The molecule has 0 bridgehead atoms. The van der Waals surface area contributed by atoms with Gasteiger partial charge in [-0.25, -0.2) is 0 Å². The number of rotatable bonds is 2. The number of nitrogens with two attached hydrogens (primary N) is 1. The Kier molecular flexibility index (Phi) is 2.18. The predicted molar refractivity (Wildman–Crippen MR) is 69.1 cm³/mol. The van der Waals surface area contributed by atoms with Crippen LogP contribution in [0.4, 0.5) is 10.8 Å². The van der Waals surface area contributed by atoms with Gasteiger partial charge in [0.05, 0.1) is 0 Å². The minimum absolute atomic E-state index is 0.444. The minimum atomic E-state index is 0.444. The van der Waals surface area contributed by atoms with Gasteiger partial charge in [0.15, 0.2) is 0 Å². The highest BCUT2D eigenvalue weighted by atomic mass is 32.1. The highest BCUT2D eigenvalue weighted by molar-refractivity contribution is 7.10. The van der Waals surface area contributed by atoms with E-state index in [1.54, 1.807) is 11.5 Å². The standard InChI is InChI=1S/C12H19N3S/c1-12(2)5-6-15(7-12)11-9(8-3-4-8)10(13)14-16-11/h8H,3-7H2,1-2H3,(H2,13,14). The Morgan fingerprint density at radius 3 is 2.75 bits per heavy atom. The highest BCUT2D eigenvalue weighted by Crippen LogP contribution is 2.50. The second kappa shape index (κ2) is 3.36.